The summed E-state index contributed by atoms with van der Waals surface area (Å²) >= 11 is 0. The highest BCUT2D eigenvalue weighted by Gasteiger charge is 2.33. The van der Waals surface area contributed by atoms with Crippen molar-refractivity contribution in [1.82, 2.24) is 0 Å². The molecule has 0 bridgehead atoms. The highest BCUT2D eigenvalue weighted by Crippen LogP contribution is 2.25. The highest BCUT2D eigenvalue weighted by atomic mass is 32.3. The lowest BCUT2D eigenvalue weighted by Gasteiger charge is -2.28. The van der Waals surface area contributed by atoms with Crippen LogP contribution in [0.4, 0.5) is 11.4 Å². The zero-order valence-corrected chi connectivity index (χ0v) is 26.3. The molecule has 43 heavy (non-hydrogen) atoms. The number of unbranched alkanes of at least 4 members (excludes halogenated alkanes) is 4. The summed E-state index contributed by atoms with van der Waals surface area (Å²) in [5.74, 6) is 0. The standard InChI is InChI=1S/C35H42N2O4S2/c38-42(39,36(34-25-13-3-14-26-34)29-17-5-11-23-32-19-7-1-8-20-32)31-43(40,41)37(35-27-15-4-16-28-35)30-18-6-12-24-33-21-9-2-10-22-33/h1-4,7-10,13-16,19-22,25-28H,5-6,11-12,17-18,23-24,29-31H2. The fourth-order valence-electron chi connectivity index (χ4n) is 5.17. The molecule has 0 amide bonds. The van der Waals surface area contributed by atoms with Gasteiger partial charge in [0, 0.05) is 13.1 Å². The molecule has 0 saturated carbocycles. The Morgan fingerprint density at radius 3 is 1.07 bits per heavy atom. The predicted molar refractivity (Wildman–Crippen MR) is 178 cm³/mol. The molecule has 4 rings (SSSR count). The summed E-state index contributed by atoms with van der Waals surface area (Å²) < 4.78 is 57.8. The molecule has 4 aromatic rings. The van der Waals surface area contributed by atoms with Crippen LogP contribution in [0.2, 0.25) is 0 Å². The number of nitrogens with zero attached hydrogens (tertiary/aromatic N) is 2. The Hall–Kier alpha value is -3.62. The fraction of sp³-hybridized carbons (Fsp3) is 0.314. The van der Waals surface area contributed by atoms with Crippen molar-refractivity contribution >= 4 is 31.4 Å². The largest absolute Gasteiger partial charge is 0.269 e. The number of hydrogen-bond acceptors (Lipinski definition) is 4. The van der Waals surface area contributed by atoms with Gasteiger partial charge >= 0.3 is 0 Å². The van der Waals surface area contributed by atoms with Crippen molar-refractivity contribution in [3.05, 3.63) is 132 Å². The molecule has 0 aliphatic heterocycles. The minimum absolute atomic E-state index is 0.224. The van der Waals surface area contributed by atoms with E-state index in [-0.39, 0.29) is 13.1 Å². The maximum Gasteiger partial charge on any atom is 0.251 e. The predicted octanol–water partition coefficient (Wildman–Crippen LogP) is 7.44. The molecule has 0 atom stereocenters. The summed E-state index contributed by atoms with van der Waals surface area (Å²) in [4.78, 5) is 0. The first-order valence-electron chi connectivity index (χ1n) is 15.0. The lowest BCUT2D eigenvalue weighted by molar-refractivity contribution is 0.578. The van der Waals surface area contributed by atoms with Gasteiger partial charge in [0.1, 0.15) is 0 Å². The van der Waals surface area contributed by atoms with Crippen LogP contribution in [-0.2, 0) is 32.9 Å². The van der Waals surface area contributed by atoms with E-state index in [2.05, 4.69) is 24.3 Å². The summed E-state index contributed by atoms with van der Waals surface area (Å²) in [5, 5.41) is -0.988. The second kappa shape index (κ2) is 16.3. The van der Waals surface area contributed by atoms with Gasteiger partial charge in [-0.25, -0.2) is 16.8 Å². The van der Waals surface area contributed by atoms with E-state index in [0.717, 1.165) is 38.5 Å². The van der Waals surface area contributed by atoms with Gasteiger partial charge in [0.15, 0.2) is 5.08 Å². The van der Waals surface area contributed by atoms with E-state index in [9.17, 15) is 16.8 Å². The smallest absolute Gasteiger partial charge is 0.251 e. The molecule has 0 heterocycles. The SMILES string of the molecule is O=S(=O)(CS(=O)(=O)N(CCCCCc1ccccc1)c1ccccc1)N(CCCCCc1ccccc1)c1ccccc1. The molecule has 0 fully saturated rings. The summed E-state index contributed by atoms with van der Waals surface area (Å²) in [6.07, 6.45) is 6.62. The second-order valence-electron chi connectivity index (χ2n) is 10.7. The molecular formula is C35H42N2O4S2. The molecule has 0 saturated heterocycles. The van der Waals surface area contributed by atoms with E-state index in [1.54, 1.807) is 48.5 Å². The van der Waals surface area contributed by atoms with Gasteiger partial charge in [-0.2, -0.15) is 0 Å². The van der Waals surface area contributed by atoms with Crippen molar-refractivity contribution in [3.8, 4) is 0 Å². The van der Waals surface area contributed by atoms with Gasteiger partial charge in [-0.3, -0.25) is 8.61 Å². The van der Waals surface area contributed by atoms with Crippen LogP contribution in [0.1, 0.15) is 49.7 Å². The van der Waals surface area contributed by atoms with Crippen LogP contribution >= 0.6 is 0 Å². The summed E-state index contributed by atoms with van der Waals surface area (Å²) in [6, 6.07) is 38.0. The molecule has 0 spiro atoms. The molecule has 0 aromatic heterocycles. The third-order valence-corrected chi connectivity index (χ3v) is 11.9. The third kappa shape index (κ3) is 10.3. The van der Waals surface area contributed by atoms with Crippen LogP contribution in [0.15, 0.2) is 121 Å². The van der Waals surface area contributed by atoms with Crippen LogP contribution in [0.3, 0.4) is 0 Å². The number of aryl methyl sites for hydroxylation is 2. The third-order valence-electron chi connectivity index (χ3n) is 7.40. The van der Waals surface area contributed by atoms with Gasteiger partial charge in [0.2, 0.25) is 0 Å². The first kappa shape index (κ1) is 32.3. The van der Waals surface area contributed by atoms with Crippen molar-refractivity contribution in [3.63, 3.8) is 0 Å². The molecule has 0 unspecified atom stereocenters. The van der Waals surface area contributed by atoms with E-state index in [1.807, 2.05) is 48.5 Å². The maximum absolute atomic E-state index is 13.8. The van der Waals surface area contributed by atoms with Gasteiger partial charge < -0.3 is 0 Å². The van der Waals surface area contributed by atoms with Crippen molar-refractivity contribution in [2.75, 3.05) is 26.8 Å². The molecule has 0 aliphatic carbocycles. The zero-order valence-electron chi connectivity index (χ0n) is 24.7. The molecule has 0 aliphatic rings. The van der Waals surface area contributed by atoms with Crippen molar-refractivity contribution < 1.29 is 16.8 Å². The normalized spacial score (nSPS) is 11.7. The Labute approximate surface area is 258 Å². The minimum Gasteiger partial charge on any atom is -0.269 e. The number of benzene rings is 4. The van der Waals surface area contributed by atoms with Crippen LogP contribution in [0.25, 0.3) is 0 Å². The average molecular weight is 619 g/mol. The summed E-state index contributed by atoms with van der Waals surface area (Å²) in [6.45, 7) is 0.447. The number of hydrogen-bond donors (Lipinski definition) is 0. The van der Waals surface area contributed by atoms with E-state index in [1.165, 1.54) is 19.7 Å². The van der Waals surface area contributed by atoms with Gasteiger partial charge in [-0.05, 0) is 73.9 Å². The number of rotatable bonds is 18. The zero-order chi connectivity index (χ0) is 30.4. The molecule has 0 N–H and O–H groups in total. The van der Waals surface area contributed by atoms with Gasteiger partial charge in [-0.15, -0.1) is 0 Å². The molecule has 228 valence electrons. The van der Waals surface area contributed by atoms with Gasteiger partial charge in [0.25, 0.3) is 20.0 Å². The topological polar surface area (TPSA) is 74.8 Å². The van der Waals surface area contributed by atoms with Crippen molar-refractivity contribution in [2.45, 2.75) is 51.4 Å². The van der Waals surface area contributed by atoms with E-state index in [4.69, 9.17) is 0 Å². The maximum atomic E-state index is 13.8. The van der Waals surface area contributed by atoms with E-state index < -0.39 is 25.1 Å². The monoisotopic (exact) mass is 618 g/mol. The van der Waals surface area contributed by atoms with Crippen LogP contribution < -0.4 is 8.61 Å². The summed E-state index contributed by atoms with van der Waals surface area (Å²) in [7, 11) is -8.39. The first-order valence-corrected chi connectivity index (χ1v) is 18.3. The lowest BCUT2D eigenvalue weighted by atomic mass is 10.1. The highest BCUT2D eigenvalue weighted by molar-refractivity contribution is 8.09. The average Bonchev–Trinajstić information content (AvgIpc) is 3.02. The first-order chi connectivity index (χ1) is 20.9. The fourth-order valence-corrected chi connectivity index (χ4v) is 9.40. The Kier molecular flexibility index (Phi) is 12.2. The molecular weight excluding hydrogens is 577 g/mol. The lowest BCUT2D eigenvalue weighted by Crippen LogP contribution is -2.42. The molecule has 6 nitrogen and oxygen atoms in total. The quantitative estimate of drug-likeness (QED) is 0.109. The van der Waals surface area contributed by atoms with Crippen molar-refractivity contribution in [2.24, 2.45) is 0 Å². The molecule has 8 heteroatoms. The molecule has 4 aromatic carbocycles. The Bertz CT molecular complexity index is 1450. The van der Waals surface area contributed by atoms with Crippen molar-refractivity contribution in [1.29, 1.82) is 0 Å². The Morgan fingerprint density at radius 1 is 0.395 bits per heavy atom. The van der Waals surface area contributed by atoms with Crippen LogP contribution in [0, 0.1) is 0 Å². The van der Waals surface area contributed by atoms with Crippen LogP contribution in [-0.4, -0.2) is 35.0 Å². The van der Waals surface area contributed by atoms with Gasteiger partial charge in [0.05, 0.1) is 11.4 Å². The van der Waals surface area contributed by atoms with Crippen LogP contribution in [0.5, 0.6) is 0 Å². The van der Waals surface area contributed by atoms with E-state index >= 15 is 0 Å². The number of anilines is 2. The van der Waals surface area contributed by atoms with Gasteiger partial charge in [-0.1, -0.05) is 110 Å². The second-order valence-corrected chi connectivity index (χ2v) is 14.9. The summed E-state index contributed by atoms with van der Waals surface area (Å²) in [5.41, 5.74) is 3.46. The Morgan fingerprint density at radius 2 is 0.721 bits per heavy atom. The number of sulfonamides is 2. The number of para-hydroxylation sites is 2. The Balaban J connectivity index is 1.42. The molecule has 0 radical (unpaired) electrons. The minimum atomic E-state index is -4.19. The van der Waals surface area contributed by atoms with E-state index in [0.29, 0.717) is 24.2 Å².